The Balaban J connectivity index is 0.000000165. The SMILES string of the molecule is CC1=Nc2cccc(Cc3ccccc3)c2C1(C)C.O=S(=O)(O)c1cccc2ncccc12. The summed E-state index contributed by atoms with van der Waals surface area (Å²) >= 11 is 0. The van der Waals surface area contributed by atoms with Crippen molar-refractivity contribution in [3.05, 3.63) is 102 Å². The zero-order chi connectivity index (χ0) is 23.6. The van der Waals surface area contributed by atoms with Crippen molar-refractivity contribution in [1.82, 2.24) is 4.98 Å². The quantitative estimate of drug-likeness (QED) is 0.374. The van der Waals surface area contributed by atoms with Crippen LogP contribution in [0.5, 0.6) is 0 Å². The molecule has 1 aliphatic heterocycles. The van der Waals surface area contributed by atoms with Crippen LogP contribution in [0.25, 0.3) is 10.9 Å². The molecule has 1 aromatic heterocycles. The Morgan fingerprint density at radius 1 is 0.879 bits per heavy atom. The maximum absolute atomic E-state index is 11.0. The molecule has 0 spiro atoms. The van der Waals surface area contributed by atoms with E-state index < -0.39 is 10.1 Å². The maximum atomic E-state index is 11.0. The van der Waals surface area contributed by atoms with Gasteiger partial charge in [0.1, 0.15) is 4.90 Å². The Morgan fingerprint density at radius 2 is 1.61 bits per heavy atom. The van der Waals surface area contributed by atoms with Gasteiger partial charge in [-0.05, 0) is 60.4 Å². The second-order valence-corrected chi connectivity index (χ2v) is 9.99. The van der Waals surface area contributed by atoms with Crippen molar-refractivity contribution in [2.24, 2.45) is 4.99 Å². The van der Waals surface area contributed by atoms with Crippen LogP contribution in [0.1, 0.15) is 37.5 Å². The predicted octanol–water partition coefficient (Wildman–Crippen LogP) is 6.14. The highest BCUT2D eigenvalue weighted by Gasteiger charge is 2.34. The van der Waals surface area contributed by atoms with Gasteiger partial charge in [-0.1, -0.05) is 62.4 Å². The van der Waals surface area contributed by atoms with Gasteiger partial charge in [0.05, 0.1) is 11.2 Å². The van der Waals surface area contributed by atoms with Crippen LogP contribution in [0, 0.1) is 0 Å². The molecular weight excluding hydrogens is 432 g/mol. The summed E-state index contributed by atoms with van der Waals surface area (Å²) in [6.07, 6.45) is 2.55. The first-order valence-corrected chi connectivity index (χ1v) is 12.2. The van der Waals surface area contributed by atoms with E-state index in [2.05, 4.69) is 74.3 Å². The Bertz CT molecular complexity index is 1440. The summed E-state index contributed by atoms with van der Waals surface area (Å²) in [6.45, 7) is 6.67. The highest BCUT2D eigenvalue weighted by atomic mass is 32.2. The molecule has 0 radical (unpaired) electrons. The van der Waals surface area contributed by atoms with Crippen molar-refractivity contribution < 1.29 is 13.0 Å². The van der Waals surface area contributed by atoms with E-state index in [1.54, 1.807) is 30.5 Å². The standard InChI is InChI=1S/C18H19N.C9H7NO3S/c1-13-18(2,3)17-15(10-7-11-16(17)19-13)12-14-8-5-4-6-9-14;11-14(12,13)9-5-1-4-8-7(9)3-2-6-10-8/h4-11H,12H2,1-3H3;1-6H,(H,11,12,13). The molecule has 1 N–H and O–H groups in total. The molecule has 6 heteroatoms. The van der Waals surface area contributed by atoms with Crippen LogP contribution < -0.4 is 0 Å². The van der Waals surface area contributed by atoms with Crippen molar-refractivity contribution in [3.8, 4) is 0 Å². The minimum absolute atomic E-state index is 0.0563. The van der Waals surface area contributed by atoms with Gasteiger partial charge in [0.15, 0.2) is 0 Å². The summed E-state index contributed by atoms with van der Waals surface area (Å²) in [4.78, 5) is 8.60. The lowest BCUT2D eigenvalue weighted by molar-refractivity contribution is 0.484. The molecule has 168 valence electrons. The molecule has 0 amide bonds. The van der Waals surface area contributed by atoms with Gasteiger partial charge in [-0.2, -0.15) is 8.42 Å². The van der Waals surface area contributed by atoms with E-state index in [0.717, 1.165) is 12.1 Å². The van der Waals surface area contributed by atoms with Crippen LogP contribution in [-0.4, -0.2) is 23.7 Å². The molecule has 0 atom stereocenters. The zero-order valence-corrected chi connectivity index (χ0v) is 19.7. The number of nitrogens with zero attached hydrogens (tertiary/aromatic N) is 2. The van der Waals surface area contributed by atoms with E-state index in [1.165, 1.54) is 28.5 Å². The highest BCUT2D eigenvalue weighted by Crippen LogP contribution is 2.42. The second-order valence-electron chi connectivity index (χ2n) is 8.60. The average molecular weight is 459 g/mol. The minimum atomic E-state index is -4.17. The Hall–Kier alpha value is -3.35. The van der Waals surface area contributed by atoms with E-state index in [1.807, 2.05) is 0 Å². The van der Waals surface area contributed by atoms with E-state index >= 15 is 0 Å². The van der Waals surface area contributed by atoms with E-state index in [-0.39, 0.29) is 10.3 Å². The molecule has 0 unspecified atom stereocenters. The van der Waals surface area contributed by atoms with Gasteiger partial charge in [-0.15, -0.1) is 0 Å². The molecule has 0 saturated carbocycles. The molecule has 3 aromatic carbocycles. The van der Waals surface area contributed by atoms with Gasteiger partial charge >= 0.3 is 0 Å². The topological polar surface area (TPSA) is 79.6 Å². The molecule has 33 heavy (non-hydrogen) atoms. The molecule has 2 heterocycles. The van der Waals surface area contributed by atoms with Gasteiger partial charge in [-0.3, -0.25) is 14.5 Å². The van der Waals surface area contributed by atoms with Crippen molar-refractivity contribution in [1.29, 1.82) is 0 Å². The molecule has 4 aromatic rings. The number of hydrogen-bond acceptors (Lipinski definition) is 4. The fourth-order valence-electron chi connectivity index (χ4n) is 4.17. The first-order valence-electron chi connectivity index (χ1n) is 10.7. The normalized spacial score (nSPS) is 14.2. The first-order chi connectivity index (χ1) is 15.7. The third-order valence-electron chi connectivity index (χ3n) is 6.07. The van der Waals surface area contributed by atoms with Crippen molar-refractivity contribution in [2.75, 3.05) is 0 Å². The lowest BCUT2D eigenvalue weighted by Crippen LogP contribution is -2.24. The molecule has 5 rings (SSSR count). The third-order valence-corrected chi connectivity index (χ3v) is 6.98. The molecule has 1 aliphatic rings. The fourth-order valence-corrected chi connectivity index (χ4v) is 4.87. The van der Waals surface area contributed by atoms with Crippen LogP contribution in [0.3, 0.4) is 0 Å². The van der Waals surface area contributed by atoms with Crippen LogP contribution in [0.15, 0.2) is 94.9 Å². The highest BCUT2D eigenvalue weighted by molar-refractivity contribution is 7.86. The van der Waals surface area contributed by atoms with Crippen molar-refractivity contribution in [3.63, 3.8) is 0 Å². The smallest absolute Gasteiger partial charge is 0.282 e. The number of rotatable bonds is 3. The third kappa shape index (κ3) is 4.72. The molecule has 0 aliphatic carbocycles. The average Bonchev–Trinajstić information content (AvgIpc) is 3.03. The number of pyridine rings is 1. The molecule has 5 nitrogen and oxygen atoms in total. The van der Waals surface area contributed by atoms with Crippen LogP contribution in [0.2, 0.25) is 0 Å². The van der Waals surface area contributed by atoms with E-state index in [9.17, 15) is 8.42 Å². The Kier molecular flexibility index (Phi) is 6.15. The fraction of sp³-hybridized carbons (Fsp3) is 0.185. The Labute approximate surface area is 194 Å². The monoisotopic (exact) mass is 458 g/mol. The van der Waals surface area contributed by atoms with Gasteiger partial charge in [0, 0.05) is 22.7 Å². The van der Waals surface area contributed by atoms with Gasteiger partial charge in [0.25, 0.3) is 10.1 Å². The second kappa shape index (κ2) is 8.89. The summed E-state index contributed by atoms with van der Waals surface area (Å²) in [5, 5.41) is 0.428. The first kappa shape index (κ1) is 22.8. The van der Waals surface area contributed by atoms with E-state index in [4.69, 9.17) is 9.55 Å². The lowest BCUT2D eigenvalue weighted by Gasteiger charge is -2.23. The Morgan fingerprint density at radius 3 is 2.33 bits per heavy atom. The number of aromatic nitrogens is 1. The van der Waals surface area contributed by atoms with E-state index in [0.29, 0.717) is 10.9 Å². The minimum Gasteiger partial charge on any atom is -0.282 e. The largest absolute Gasteiger partial charge is 0.295 e. The summed E-state index contributed by atoms with van der Waals surface area (Å²) in [7, 11) is -4.17. The van der Waals surface area contributed by atoms with Gasteiger partial charge < -0.3 is 0 Å². The van der Waals surface area contributed by atoms with Crippen LogP contribution in [-0.2, 0) is 22.0 Å². The summed E-state index contributed by atoms with van der Waals surface area (Å²) in [6, 6.07) is 24.9. The van der Waals surface area contributed by atoms with Crippen molar-refractivity contribution in [2.45, 2.75) is 37.5 Å². The lowest BCUT2D eigenvalue weighted by atomic mass is 9.78. The number of aliphatic imine (C=N–C) groups is 1. The number of hydrogen-bond donors (Lipinski definition) is 1. The van der Waals surface area contributed by atoms with Gasteiger partial charge in [-0.25, -0.2) is 0 Å². The summed E-state index contributed by atoms with van der Waals surface area (Å²) in [5.41, 5.74) is 7.12. The summed E-state index contributed by atoms with van der Waals surface area (Å²) < 4.78 is 30.9. The van der Waals surface area contributed by atoms with Crippen molar-refractivity contribution >= 4 is 32.4 Å². The number of benzene rings is 3. The van der Waals surface area contributed by atoms with Crippen LogP contribution >= 0.6 is 0 Å². The zero-order valence-electron chi connectivity index (χ0n) is 18.9. The number of fused-ring (bicyclic) bond motifs is 2. The summed E-state index contributed by atoms with van der Waals surface area (Å²) in [5.74, 6) is 0. The molecule has 0 saturated heterocycles. The molecular formula is C27H26N2O3S. The maximum Gasteiger partial charge on any atom is 0.295 e. The molecule has 0 fully saturated rings. The predicted molar refractivity (Wildman–Crippen MR) is 133 cm³/mol. The van der Waals surface area contributed by atoms with Crippen LogP contribution in [0.4, 0.5) is 5.69 Å². The molecule has 0 bridgehead atoms. The van der Waals surface area contributed by atoms with Gasteiger partial charge in [0.2, 0.25) is 0 Å².